The summed E-state index contributed by atoms with van der Waals surface area (Å²) in [5, 5.41) is 8.82. The van der Waals surface area contributed by atoms with E-state index in [2.05, 4.69) is 0 Å². The zero-order valence-electron chi connectivity index (χ0n) is 15.6. The summed E-state index contributed by atoms with van der Waals surface area (Å²) in [7, 11) is -6.39. The molecule has 0 aliphatic carbocycles. The Bertz CT molecular complexity index is 413. The monoisotopic (exact) mass is 379 g/mol. The Kier molecular flexibility index (Phi) is 14.4. The summed E-state index contributed by atoms with van der Waals surface area (Å²) in [6, 6.07) is 0. The van der Waals surface area contributed by atoms with Crippen LogP contribution >= 0.6 is 23.9 Å². The molecular formula is C13H33O6P3. The average molecular weight is 379 g/mol. The van der Waals surface area contributed by atoms with Crippen molar-refractivity contribution in [1.29, 1.82) is 1.28 Å². The fraction of sp³-hybridized carbons (Fsp3) is 0.923. The van der Waals surface area contributed by atoms with E-state index in [-0.39, 0.29) is 24.2 Å². The molecule has 136 valence electrons. The van der Waals surface area contributed by atoms with Crippen molar-refractivity contribution in [1.82, 2.24) is 0 Å². The van der Waals surface area contributed by atoms with Gasteiger partial charge in [0.25, 0.3) is 7.37 Å². The maximum absolute atomic E-state index is 11.0. The summed E-state index contributed by atoms with van der Waals surface area (Å²) >= 11 is 0. The van der Waals surface area contributed by atoms with E-state index in [1.807, 2.05) is 34.4 Å². The third-order valence-corrected chi connectivity index (χ3v) is 6.95. The minimum absolute atomic E-state index is 0.0970. The molecule has 0 bridgehead atoms. The third-order valence-electron chi connectivity index (χ3n) is 2.32. The van der Waals surface area contributed by atoms with E-state index in [1.165, 1.54) is 6.92 Å². The van der Waals surface area contributed by atoms with Crippen molar-refractivity contribution in [3.63, 3.8) is 0 Å². The molecule has 6 nitrogen and oxygen atoms in total. The molecule has 0 saturated heterocycles. The second-order valence-corrected chi connectivity index (χ2v) is 10.8. The molecule has 0 aromatic carbocycles. The molecule has 0 rings (SSSR count). The number of carbonyl (C=O) groups is 1. The molecule has 0 radical (unpaired) electrons. The van der Waals surface area contributed by atoms with Gasteiger partial charge in [-0.2, -0.15) is 0 Å². The van der Waals surface area contributed by atoms with Gasteiger partial charge in [0.1, 0.15) is 5.85 Å². The van der Waals surface area contributed by atoms with Crippen LogP contribution < -0.4 is 0 Å². The first-order valence-electron chi connectivity index (χ1n) is 7.54. The molecule has 4 unspecified atom stereocenters. The number of hydrogen-bond acceptors (Lipinski definition) is 4. The second kappa shape index (κ2) is 12.8. The Morgan fingerprint density at radius 3 is 1.50 bits per heavy atom. The van der Waals surface area contributed by atoms with Crippen LogP contribution in [-0.4, -0.2) is 46.5 Å². The Labute approximate surface area is 138 Å². The van der Waals surface area contributed by atoms with Gasteiger partial charge in [0, 0.05) is 19.2 Å². The number of carbonyl (C=O) groups excluding carboxylic acids is 1. The minimum Gasteiger partial charge on any atom is -0.383 e. The molecule has 3 N–H and O–H groups in total. The van der Waals surface area contributed by atoms with Gasteiger partial charge in [-0.05, 0) is 18.8 Å². The molecule has 0 amide bonds. The van der Waals surface area contributed by atoms with E-state index < -0.39 is 26.1 Å². The summed E-state index contributed by atoms with van der Waals surface area (Å²) in [5.41, 5.74) is -0.596. The molecule has 9 heteroatoms. The molecule has 0 heterocycles. The largest absolute Gasteiger partial charge is 0.383 e. The molecule has 0 aromatic rings. The highest BCUT2D eigenvalue weighted by atomic mass is 31.2. The molecule has 0 saturated carbocycles. The van der Waals surface area contributed by atoms with Gasteiger partial charge in [0.15, 0.2) is 0 Å². The second-order valence-electron chi connectivity index (χ2n) is 5.76. The van der Waals surface area contributed by atoms with E-state index in [1.54, 1.807) is 0 Å². The van der Waals surface area contributed by atoms with Crippen LogP contribution in [0.15, 0.2) is 0 Å². The van der Waals surface area contributed by atoms with Gasteiger partial charge in [0.05, 0.1) is 1.28 Å². The highest BCUT2D eigenvalue weighted by Crippen LogP contribution is 2.46. The van der Waals surface area contributed by atoms with Crippen LogP contribution in [0.2, 0.25) is 0 Å². The maximum Gasteiger partial charge on any atom is 0.264 e. The van der Waals surface area contributed by atoms with E-state index in [0.717, 1.165) is 6.92 Å². The smallest absolute Gasteiger partial charge is 0.264 e. The first kappa shape index (κ1) is 24.7. The Morgan fingerprint density at radius 1 is 1.09 bits per heavy atom. The van der Waals surface area contributed by atoms with Crippen molar-refractivity contribution in [2.24, 2.45) is 11.8 Å². The predicted molar refractivity (Wildman–Crippen MR) is 97.1 cm³/mol. The van der Waals surface area contributed by atoms with Gasteiger partial charge in [0.2, 0.25) is 12.9 Å². The van der Waals surface area contributed by atoms with Crippen molar-refractivity contribution >= 4 is 29.4 Å². The molecular weight excluding hydrogens is 345 g/mol. The van der Waals surface area contributed by atoms with Crippen LogP contribution in [-0.2, 0) is 13.9 Å². The van der Waals surface area contributed by atoms with Crippen LogP contribution in [0, 0.1) is 11.8 Å². The van der Waals surface area contributed by atoms with Gasteiger partial charge in [-0.1, -0.05) is 34.4 Å². The Morgan fingerprint density at radius 2 is 1.41 bits per heavy atom. The predicted octanol–water partition coefficient (Wildman–Crippen LogP) is 3.20. The van der Waals surface area contributed by atoms with E-state index in [0.29, 0.717) is 9.18 Å². The first-order chi connectivity index (χ1) is 10.1. The number of hydrogen-bond donors (Lipinski definition) is 3. The molecule has 0 aliphatic rings. The standard InChI is InChI=1S/C6H15O3P.C6H13O3P.CH5P/c2*1-5(2)4-10(8,9)6(3)7;1-2/h5-7H,4H2,1-3H3,(H,8,9);5H,4H2,1-3H3,(H,8,9);2H2,1H3/i;;2D. The Balaban J connectivity index is -0.000000297. The zero-order chi connectivity index (χ0) is 19.4. The van der Waals surface area contributed by atoms with Crippen LogP contribution in [0.25, 0.3) is 0 Å². The van der Waals surface area contributed by atoms with Gasteiger partial charge < -0.3 is 14.9 Å². The Hall–Kier alpha value is 0.440. The summed E-state index contributed by atoms with van der Waals surface area (Å²) in [4.78, 5) is 28.5. The number of aliphatic hydroxyl groups is 1. The van der Waals surface area contributed by atoms with E-state index in [4.69, 9.17) is 16.2 Å². The first-order valence-corrected chi connectivity index (χ1v) is 11.8. The zero-order valence-corrected chi connectivity index (χ0v) is 17.4. The van der Waals surface area contributed by atoms with E-state index >= 15 is 0 Å². The molecule has 0 aliphatic heterocycles. The average Bonchev–Trinajstić information content (AvgIpc) is 2.26. The summed E-state index contributed by atoms with van der Waals surface area (Å²) in [6.45, 7) is 11.7. The molecule has 22 heavy (non-hydrogen) atoms. The lowest BCUT2D eigenvalue weighted by atomic mass is 10.3. The molecule has 0 spiro atoms. The van der Waals surface area contributed by atoms with Crippen molar-refractivity contribution in [3.05, 3.63) is 0 Å². The van der Waals surface area contributed by atoms with Crippen LogP contribution in [0.3, 0.4) is 0 Å². The highest BCUT2D eigenvalue weighted by Gasteiger charge is 2.25. The van der Waals surface area contributed by atoms with Crippen molar-refractivity contribution in [2.45, 2.75) is 47.4 Å². The maximum atomic E-state index is 11.0. The number of rotatable bonds is 6. The minimum atomic E-state index is -3.46. The van der Waals surface area contributed by atoms with Gasteiger partial charge in [-0.3, -0.25) is 13.9 Å². The van der Waals surface area contributed by atoms with Crippen molar-refractivity contribution < 1.29 is 28.8 Å². The summed E-state index contributed by atoms with van der Waals surface area (Å²) < 4.78 is 28.2. The van der Waals surface area contributed by atoms with Gasteiger partial charge in [-0.25, -0.2) is 0 Å². The quantitative estimate of drug-likeness (QED) is 0.611. The van der Waals surface area contributed by atoms with Gasteiger partial charge >= 0.3 is 0 Å². The molecule has 4 atom stereocenters. The van der Waals surface area contributed by atoms with Crippen molar-refractivity contribution in [2.75, 3.05) is 19.0 Å². The fourth-order valence-corrected chi connectivity index (χ4v) is 3.90. The lowest BCUT2D eigenvalue weighted by Crippen LogP contribution is -2.08. The van der Waals surface area contributed by atoms with Gasteiger partial charge in [-0.15, -0.1) is 9.18 Å². The summed E-state index contributed by atoms with van der Waals surface area (Å²) in [6.07, 6.45) is 0.299. The van der Waals surface area contributed by atoms with Crippen LogP contribution in [0.5, 0.6) is 0 Å². The lowest BCUT2D eigenvalue weighted by Gasteiger charge is -2.15. The normalized spacial score (nSPS) is 18.5. The summed E-state index contributed by atoms with van der Waals surface area (Å²) in [5.74, 6) is -0.833. The topological polar surface area (TPSA) is 112 Å². The highest BCUT2D eigenvalue weighted by molar-refractivity contribution is 7.75. The lowest BCUT2D eigenvalue weighted by molar-refractivity contribution is -0.110. The van der Waals surface area contributed by atoms with Crippen LogP contribution in [0.4, 0.5) is 0 Å². The molecule has 0 fully saturated rings. The van der Waals surface area contributed by atoms with Crippen LogP contribution in [0.1, 0.15) is 41.5 Å². The third kappa shape index (κ3) is 15.3. The van der Waals surface area contributed by atoms with Crippen molar-refractivity contribution in [3.8, 4) is 0 Å². The number of aliphatic hydroxyl groups excluding tert-OH is 1. The SMILES string of the molecule is CC(=O)P(=O)(O)CC(C)C.CC(C)CP(=O)(O)C(C)O.[2H]PC. The van der Waals surface area contributed by atoms with E-state index in [9.17, 15) is 13.9 Å². The fourth-order valence-electron chi connectivity index (χ4n) is 1.30. The molecule has 0 aromatic heterocycles.